The van der Waals surface area contributed by atoms with Gasteiger partial charge in [-0.05, 0) is 66.6 Å². The third-order valence-corrected chi connectivity index (χ3v) is 7.44. The maximum Gasteiger partial charge on any atom is 0.0724 e. The number of pyridine rings is 1. The standard InChI is InChI=1S/C29H27ClINO/c1-19(33)16-24-7-4-3-6-21(24)11-14-27(31)25-9-5-8-23(17-25)20(2)28-15-12-22-10-13-26(30)18-29(22)32-28/h3-10,12-13,15,17-19,27,33H,2,11,14,16H2,1H3/t19?,27-/m0/s1. The highest BCUT2D eigenvalue weighted by molar-refractivity contribution is 14.1. The minimum atomic E-state index is -0.330. The molecule has 0 bridgehead atoms. The average molecular weight is 568 g/mol. The number of hydrogen-bond acceptors (Lipinski definition) is 2. The molecule has 0 saturated heterocycles. The molecule has 1 aromatic heterocycles. The van der Waals surface area contributed by atoms with Crippen LogP contribution in [0.1, 0.15) is 45.2 Å². The Balaban J connectivity index is 1.50. The molecule has 0 radical (unpaired) electrons. The Hall–Kier alpha value is -2.21. The lowest BCUT2D eigenvalue weighted by Gasteiger charge is -2.15. The molecule has 0 aliphatic heterocycles. The maximum absolute atomic E-state index is 9.81. The Kier molecular flexibility index (Phi) is 7.84. The summed E-state index contributed by atoms with van der Waals surface area (Å²) < 4.78 is 0.373. The van der Waals surface area contributed by atoms with Crippen molar-refractivity contribution in [3.8, 4) is 0 Å². The first-order valence-corrected chi connectivity index (χ1v) is 12.8. The Morgan fingerprint density at radius 3 is 2.55 bits per heavy atom. The van der Waals surface area contributed by atoms with E-state index in [4.69, 9.17) is 16.6 Å². The molecule has 0 amide bonds. The Bertz CT molecular complexity index is 1280. The van der Waals surface area contributed by atoms with E-state index in [0.29, 0.717) is 15.4 Å². The quantitative estimate of drug-likeness (QED) is 0.173. The first-order valence-electron chi connectivity index (χ1n) is 11.2. The molecule has 168 valence electrons. The summed E-state index contributed by atoms with van der Waals surface area (Å²) in [6, 6.07) is 26.9. The van der Waals surface area contributed by atoms with Crippen molar-refractivity contribution in [1.82, 2.24) is 4.98 Å². The third-order valence-electron chi connectivity index (χ3n) is 5.86. The predicted octanol–water partition coefficient (Wildman–Crippen LogP) is 7.98. The van der Waals surface area contributed by atoms with Crippen LogP contribution in [0.25, 0.3) is 16.5 Å². The van der Waals surface area contributed by atoms with E-state index in [-0.39, 0.29) is 6.10 Å². The Morgan fingerprint density at radius 2 is 1.76 bits per heavy atom. The summed E-state index contributed by atoms with van der Waals surface area (Å²) in [4.78, 5) is 4.79. The van der Waals surface area contributed by atoms with Gasteiger partial charge in [0.05, 0.1) is 17.3 Å². The molecular weight excluding hydrogens is 541 g/mol. The highest BCUT2D eigenvalue weighted by Crippen LogP contribution is 2.32. The summed E-state index contributed by atoms with van der Waals surface area (Å²) >= 11 is 8.69. The zero-order valence-corrected chi connectivity index (χ0v) is 21.6. The van der Waals surface area contributed by atoms with E-state index in [0.717, 1.165) is 40.6 Å². The summed E-state index contributed by atoms with van der Waals surface area (Å²) in [5.74, 6) is 0. The molecule has 4 heteroatoms. The molecule has 2 atom stereocenters. The number of hydrogen-bond donors (Lipinski definition) is 1. The lowest BCUT2D eigenvalue weighted by molar-refractivity contribution is 0.195. The second-order valence-corrected chi connectivity index (χ2v) is 10.4. The molecule has 1 N–H and O–H groups in total. The summed E-state index contributed by atoms with van der Waals surface area (Å²) in [5.41, 5.74) is 7.56. The smallest absolute Gasteiger partial charge is 0.0724 e. The van der Waals surface area contributed by atoms with Crippen LogP contribution in [0.5, 0.6) is 0 Å². The van der Waals surface area contributed by atoms with Gasteiger partial charge in [0.1, 0.15) is 0 Å². The predicted molar refractivity (Wildman–Crippen MR) is 148 cm³/mol. The van der Waals surface area contributed by atoms with Gasteiger partial charge < -0.3 is 5.11 Å². The number of nitrogens with zero attached hydrogens (tertiary/aromatic N) is 1. The molecule has 0 spiro atoms. The van der Waals surface area contributed by atoms with Gasteiger partial charge in [0.15, 0.2) is 0 Å². The van der Waals surface area contributed by atoms with Crippen molar-refractivity contribution in [1.29, 1.82) is 0 Å². The number of rotatable bonds is 8. The molecule has 0 aliphatic carbocycles. The van der Waals surface area contributed by atoms with E-state index < -0.39 is 0 Å². The molecule has 0 saturated carbocycles. The van der Waals surface area contributed by atoms with Gasteiger partial charge in [-0.1, -0.05) is 101 Å². The van der Waals surface area contributed by atoms with Crippen LogP contribution in [0.15, 0.2) is 85.4 Å². The first-order chi connectivity index (χ1) is 15.9. The lowest BCUT2D eigenvalue weighted by atomic mass is 9.95. The van der Waals surface area contributed by atoms with Crippen LogP contribution < -0.4 is 0 Å². The van der Waals surface area contributed by atoms with Crippen LogP contribution in [-0.2, 0) is 12.8 Å². The molecule has 33 heavy (non-hydrogen) atoms. The summed E-state index contributed by atoms with van der Waals surface area (Å²) in [7, 11) is 0. The molecule has 2 nitrogen and oxygen atoms in total. The van der Waals surface area contributed by atoms with Crippen molar-refractivity contribution in [2.45, 2.75) is 36.2 Å². The third kappa shape index (κ3) is 6.03. The maximum atomic E-state index is 9.81. The van der Waals surface area contributed by atoms with Gasteiger partial charge in [0, 0.05) is 19.9 Å². The van der Waals surface area contributed by atoms with E-state index in [1.165, 1.54) is 16.7 Å². The highest BCUT2D eigenvalue weighted by Gasteiger charge is 2.13. The molecule has 3 aromatic carbocycles. The minimum absolute atomic E-state index is 0.330. The molecule has 1 unspecified atom stereocenters. The van der Waals surface area contributed by atoms with Crippen molar-refractivity contribution in [3.63, 3.8) is 0 Å². The number of benzene rings is 3. The number of aryl methyl sites for hydroxylation is 1. The van der Waals surface area contributed by atoms with Crippen LogP contribution in [0.4, 0.5) is 0 Å². The molecule has 4 rings (SSSR count). The van der Waals surface area contributed by atoms with Crippen LogP contribution in [-0.4, -0.2) is 16.2 Å². The molecule has 0 fully saturated rings. The second kappa shape index (κ2) is 10.8. The fourth-order valence-corrected chi connectivity index (χ4v) is 4.96. The van der Waals surface area contributed by atoms with Crippen molar-refractivity contribution in [3.05, 3.63) is 118 Å². The van der Waals surface area contributed by atoms with E-state index >= 15 is 0 Å². The van der Waals surface area contributed by atoms with Gasteiger partial charge in [-0.15, -0.1) is 0 Å². The van der Waals surface area contributed by atoms with Crippen LogP contribution in [0.3, 0.4) is 0 Å². The monoisotopic (exact) mass is 567 g/mol. The number of aliphatic hydroxyl groups excluding tert-OH is 1. The van der Waals surface area contributed by atoms with E-state index in [1.54, 1.807) is 0 Å². The number of aromatic nitrogens is 1. The van der Waals surface area contributed by atoms with Gasteiger partial charge >= 0.3 is 0 Å². The summed E-state index contributed by atoms with van der Waals surface area (Å²) in [5, 5.41) is 11.6. The lowest BCUT2D eigenvalue weighted by Crippen LogP contribution is -2.07. The molecule has 4 aromatic rings. The van der Waals surface area contributed by atoms with Crippen LogP contribution in [0, 0.1) is 0 Å². The van der Waals surface area contributed by atoms with Gasteiger partial charge in [-0.2, -0.15) is 0 Å². The fourth-order valence-electron chi connectivity index (χ4n) is 4.10. The zero-order chi connectivity index (χ0) is 23.4. The van der Waals surface area contributed by atoms with Gasteiger partial charge in [0.25, 0.3) is 0 Å². The number of aliphatic hydroxyl groups is 1. The van der Waals surface area contributed by atoms with Crippen LogP contribution in [0.2, 0.25) is 5.02 Å². The Morgan fingerprint density at radius 1 is 1.00 bits per heavy atom. The summed E-state index contributed by atoms with van der Waals surface area (Å²) in [6.45, 7) is 6.18. The van der Waals surface area contributed by atoms with E-state index in [1.807, 2.05) is 37.3 Å². The van der Waals surface area contributed by atoms with E-state index in [2.05, 4.69) is 77.7 Å². The second-order valence-electron chi connectivity index (χ2n) is 8.47. The highest BCUT2D eigenvalue weighted by atomic mass is 127. The van der Waals surface area contributed by atoms with Crippen molar-refractivity contribution >= 4 is 50.7 Å². The number of alkyl halides is 1. The van der Waals surface area contributed by atoms with Gasteiger partial charge in [-0.3, -0.25) is 0 Å². The van der Waals surface area contributed by atoms with Crippen molar-refractivity contribution in [2.24, 2.45) is 0 Å². The van der Waals surface area contributed by atoms with Crippen LogP contribution >= 0.6 is 34.2 Å². The normalized spacial score (nSPS) is 13.1. The van der Waals surface area contributed by atoms with E-state index in [9.17, 15) is 5.11 Å². The Labute approximate surface area is 214 Å². The molecule has 1 heterocycles. The van der Waals surface area contributed by atoms with Crippen molar-refractivity contribution in [2.75, 3.05) is 0 Å². The largest absolute Gasteiger partial charge is 0.393 e. The number of halogens is 2. The SMILES string of the molecule is C=C(c1cccc([C@@H](I)CCc2ccccc2CC(C)O)c1)c1ccc2ccc(Cl)cc2n1. The summed E-state index contributed by atoms with van der Waals surface area (Å²) in [6.07, 6.45) is 2.37. The van der Waals surface area contributed by atoms with Gasteiger partial charge in [0.2, 0.25) is 0 Å². The fraction of sp³-hybridized carbons (Fsp3) is 0.207. The zero-order valence-electron chi connectivity index (χ0n) is 18.6. The topological polar surface area (TPSA) is 33.1 Å². The molecular formula is C29H27ClINO. The number of fused-ring (bicyclic) bond motifs is 1. The van der Waals surface area contributed by atoms with Crippen molar-refractivity contribution < 1.29 is 5.11 Å². The average Bonchev–Trinajstić information content (AvgIpc) is 2.82. The van der Waals surface area contributed by atoms with Gasteiger partial charge in [-0.25, -0.2) is 4.98 Å². The minimum Gasteiger partial charge on any atom is -0.393 e. The first kappa shape index (κ1) is 23.9. The molecule has 0 aliphatic rings.